The molecule has 0 unspecified atom stereocenters. The summed E-state index contributed by atoms with van der Waals surface area (Å²) < 4.78 is 5.38. The van der Waals surface area contributed by atoms with Gasteiger partial charge >= 0.3 is 6.09 Å². The van der Waals surface area contributed by atoms with Gasteiger partial charge in [-0.1, -0.05) is 32.4 Å². The topological polar surface area (TPSA) is 29.5 Å². The van der Waals surface area contributed by atoms with E-state index in [9.17, 15) is 4.79 Å². The predicted octanol–water partition coefficient (Wildman–Crippen LogP) is 3.99. The zero-order valence-corrected chi connectivity index (χ0v) is 12.7. The molecule has 3 heteroatoms. The number of amides is 1. The van der Waals surface area contributed by atoms with Crippen molar-refractivity contribution in [2.24, 2.45) is 5.41 Å². The third-order valence-electron chi connectivity index (χ3n) is 3.61. The summed E-state index contributed by atoms with van der Waals surface area (Å²) in [5.41, 5.74) is 1.30. The quantitative estimate of drug-likeness (QED) is 0.696. The van der Waals surface area contributed by atoms with E-state index in [1.807, 2.05) is 20.8 Å². The van der Waals surface area contributed by atoms with E-state index < -0.39 is 5.60 Å². The Balaban J connectivity index is 2.61. The maximum atomic E-state index is 11.9. The van der Waals surface area contributed by atoms with Gasteiger partial charge in [0.15, 0.2) is 0 Å². The normalized spacial score (nSPS) is 17.4. The molecule has 0 radical (unpaired) electrons. The Morgan fingerprint density at radius 2 is 1.94 bits per heavy atom. The van der Waals surface area contributed by atoms with Gasteiger partial charge in [0.1, 0.15) is 5.60 Å². The highest BCUT2D eigenvalue weighted by molar-refractivity contribution is 5.68. The third-order valence-corrected chi connectivity index (χ3v) is 3.61. The van der Waals surface area contributed by atoms with Crippen molar-refractivity contribution >= 4 is 6.09 Å². The average Bonchev–Trinajstić information content (AvgIpc) is 2.27. The highest BCUT2D eigenvalue weighted by Crippen LogP contribution is 2.34. The van der Waals surface area contributed by atoms with Crippen molar-refractivity contribution in [3.63, 3.8) is 0 Å². The highest BCUT2D eigenvalue weighted by atomic mass is 16.6. The number of carbonyl (C=O) groups is 1. The molecule has 0 saturated heterocycles. The SMILES string of the molecule is CCC(C)(C)C1=CCN(C(=O)OC(C)(C)C)CC1. The Labute approximate surface area is 111 Å². The Hall–Kier alpha value is -0.990. The van der Waals surface area contributed by atoms with Gasteiger partial charge in [0.2, 0.25) is 0 Å². The molecule has 1 rings (SSSR count). The molecule has 18 heavy (non-hydrogen) atoms. The van der Waals surface area contributed by atoms with Crippen LogP contribution in [0.5, 0.6) is 0 Å². The van der Waals surface area contributed by atoms with Gasteiger partial charge in [-0.15, -0.1) is 0 Å². The van der Waals surface area contributed by atoms with E-state index in [0.29, 0.717) is 6.54 Å². The number of hydrogen-bond donors (Lipinski definition) is 0. The summed E-state index contributed by atoms with van der Waals surface area (Å²) in [6.07, 6.45) is 4.08. The molecule has 1 heterocycles. The number of nitrogens with zero attached hydrogens (tertiary/aromatic N) is 1. The molecule has 1 amide bonds. The van der Waals surface area contributed by atoms with Crippen molar-refractivity contribution in [1.82, 2.24) is 4.90 Å². The first-order valence-electron chi connectivity index (χ1n) is 6.83. The molecule has 0 aromatic carbocycles. The summed E-state index contributed by atoms with van der Waals surface area (Å²) >= 11 is 0. The second-order valence-electron chi connectivity index (χ2n) is 6.64. The average molecular weight is 253 g/mol. The van der Waals surface area contributed by atoms with E-state index >= 15 is 0 Å². The maximum Gasteiger partial charge on any atom is 0.410 e. The second kappa shape index (κ2) is 5.33. The van der Waals surface area contributed by atoms with Crippen LogP contribution < -0.4 is 0 Å². The smallest absolute Gasteiger partial charge is 0.410 e. The lowest BCUT2D eigenvalue weighted by Crippen LogP contribution is -2.40. The van der Waals surface area contributed by atoms with Crippen LogP contribution in [0.3, 0.4) is 0 Å². The van der Waals surface area contributed by atoms with E-state index in [1.165, 1.54) is 5.57 Å². The first-order chi connectivity index (χ1) is 8.15. The van der Waals surface area contributed by atoms with E-state index in [1.54, 1.807) is 4.90 Å². The summed E-state index contributed by atoms with van der Waals surface area (Å²) in [6, 6.07) is 0. The van der Waals surface area contributed by atoms with Gasteiger partial charge in [-0.2, -0.15) is 0 Å². The lowest BCUT2D eigenvalue weighted by atomic mass is 9.79. The summed E-state index contributed by atoms with van der Waals surface area (Å²) in [4.78, 5) is 13.7. The summed E-state index contributed by atoms with van der Waals surface area (Å²) in [5, 5.41) is 0. The molecule has 104 valence electrons. The van der Waals surface area contributed by atoms with Crippen molar-refractivity contribution in [1.29, 1.82) is 0 Å². The molecule has 0 spiro atoms. The largest absolute Gasteiger partial charge is 0.444 e. The molecule has 0 aliphatic carbocycles. The van der Waals surface area contributed by atoms with E-state index in [0.717, 1.165) is 19.4 Å². The van der Waals surface area contributed by atoms with Crippen molar-refractivity contribution in [3.05, 3.63) is 11.6 Å². The van der Waals surface area contributed by atoms with Gasteiger partial charge in [-0.3, -0.25) is 0 Å². The Bertz CT molecular complexity index is 337. The van der Waals surface area contributed by atoms with E-state index in [2.05, 4.69) is 26.8 Å². The molecule has 0 saturated carbocycles. The van der Waals surface area contributed by atoms with Crippen LogP contribution in [0, 0.1) is 5.41 Å². The van der Waals surface area contributed by atoms with Crippen LogP contribution in [0.25, 0.3) is 0 Å². The number of carbonyl (C=O) groups excluding carboxylic acids is 1. The summed E-state index contributed by atoms with van der Waals surface area (Å²) in [5.74, 6) is 0. The fraction of sp³-hybridized carbons (Fsp3) is 0.800. The third kappa shape index (κ3) is 4.04. The van der Waals surface area contributed by atoms with Crippen LogP contribution in [0.15, 0.2) is 11.6 Å². The van der Waals surface area contributed by atoms with E-state index in [4.69, 9.17) is 4.74 Å². The Kier molecular flexibility index (Phi) is 4.46. The van der Waals surface area contributed by atoms with Crippen LogP contribution in [-0.2, 0) is 4.74 Å². The summed E-state index contributed by atoms with van der Waals surface area (Å²) in [6.45, 7) is 13.9. The molecular formula is C15H27NO2. The monoisotopic (exact) mass is 253 g/mol. The molecule has 0 fully saturated rings. The molecule has 1 aliphatic heterocycles. The van der Waals surface area contributed by atoms with E-state index in [-0.39, 0.29) is 11.5 Å². The minimum atomic E-state index is -0.413. The minimum absolute atomic E-state index is 0.202. The van der Waals surface area contributed by atoms with Crippen molar-refractivity contribution in [3.8, 4) is 0 Å². The number of hydrogen-bond acceptors (Lipinski definition) is 2. The fourth-order valence-electron chi connectivity index (χ4n) is 2.00. The first kappa shape index (κ1) is 15.1. The lowest BCUT2D eigenvalue weighted by Gasteiger charge is -2.34. The minimum Gasteiger partial charge on any atom is -0.444 e. The fourth-order valence-corrected chi connectivity index (χ4v) is 2.00. The number of rotatable bonds is 2. The molecule has 0 aromatic rings. The molecule has 1 aliphatic rings. The molecule has 0 bridgehead atoms. The van der Waals surface area contributed by atoms with Crippen LogP contribution in [0.2, 0.25) is 0 Å². The molecule has 0 atom stereocenters. The zero-order valence-electron chi connectivity index (χ0n) is 12.7. The van der Waals surface area contributed by atoms with Gasteiger partial charge in [0.25, 0.3) is 0 Å². The van der Waals surface area contributed by atoms with Gasteiger partial charge in [0, 0.05) is 13.1 Å². The van der Waals surface area contributed by atoms with Crippen LogP contribution in [-0.4, -0.2) is 29.7 Å². The van der Waals surface area contributed by atoms with Crippen LogP contribution in [0.1, 0.15) is 54.4 Å². The molecule has 3 nitrogen and oxygen atoms in total. The van der Waals surface area contributed by atoms with Gasteiger partial charge < -0.3 is 9.64 Å². The van der Waals surface area contributed by atoms with Gasteiger partial charge in [0.05, 0.1) is 0 Å². The van der Waals surface area contributed by atoms with Crippen molar-refractivity contribution in [2.75, 3.05) is 13.1 Å². The Morgan fingerprint density at radius 1 is 1.33 bits per heavy atom. The molecular weight excluding hydrogens is 226 g/mol. The van der Waals surface area contributed by atoms with Crippen LogP contribution >= 0.6 is 0 Å². The molecule has 0 N–H and O–H groups in total. The van der Waals surface area contributed by atoms with Gasteiger partial charge in [-0.25, -0.2) is 4.79 Å². The standard InChI is InChI=1S/C15H27NO2/c1-7-15(5,6)12-8-10-16(11-9-12)13(17)18-14(2,3)4/h8H,7,9-11H2,1-6H3. The zero-order chi connectivity index (χ0) is 14.0. The van der Waals surface area contributed by atoms with Crippen molar-refractivity contribution < 1.29 is 9.53 Å². The van der Waals surface area contributed by atoms with Gasteiger partial charge in [-0.05, 0) is 39.0 Å². The summed E-state index contributed by atoms with van der Waals surface area (Å²) in [7, 11) is 0. The molecule has 0 aromatic heterocycles. The van der Waals surface area contributed by atoms with Crippen molar-refractivity contribution in [2.45, 2.75) is 60.0 Å². The lowest BCUT2D eigenvalue weighted by molar-refractivity contribution is 0.0261. The first-order valence-corrected chi connectivity index (χ1v) is 6.83. The highest BCUT2D eigenvalue weighted by Gasteiger charge is 2.27. The predicted molar refractivity (Wildman–Crippen MR) is 74.6 cm³/mol. The second-order valence-corrected chi connectivity index (χ2v) is 6.64. The maximum absolute atomic E-state index is 11.9. The number of ether oxygens (including phenoxy) is 1. The Morgan fingerprint density at radius 3 is 2.33 bits per heavy atom. The van der Waals surface area contributed by atoms with Crippen LogP contribution in [0.4, 0.5) is 4.79 Å².